The third-order valence-electron chi connectivity index (χ3n) is 11.1. The lowest BCUT2D eigenvalue weighted by Gasteiger charge is -2.58. The fraction of sp³-hybridized carbons (Fsp3) is 0.871. The average Bonchev–Trinajstić information content (AvgIpc) is 3.10. The standard InChI is InChI=1S/C31H52/c1-7-9-24(10-8-2)12-11-23(4)27-15-16-28-26-14-13-25-21-22(3)17-19-30(25,5)29(26)18-20-31(27,28)6/h9,13,22-23,26-29H,7-8,10-12,14-21H2,1-6H3/b24-9+/t22-,23+,26-,27+,28-,29-,30-,31+/m0/s1. The maximum absolute atomic E-state index is 2.76. The van der Waals surface area contributed by atoms with Gasteiger partial charge in [0.1, 0.15) is 0 Å². The first-order valence-corrected chi connectivity index (χ1v) is 14.2. The number of fused-ring (bicyclic) bond motifs is 5. The summed E-state index contributed by atoms with van der Waals surface area (Å²) in [5, 5.41) is 0. The van der Waals surface area contributed by atoms with E-state index in [9.17, 15) is 0 Å². The van der Waals surface area contributed by atoms with Crippen LogP contribution in [-0.4, -0.2) is 0 Å². The van der Waals surface area contributed by atoms with Crippen LogP contribution in [0.3, 0.4) is 0 Å². The van der Waals surface area contributed by atoms with E-state index in [2.05, 4.69) is 53.7 Å². The summed E-state index contributed by atoms with van der Waals surface area (Å²) in [5.41, 5.74) is 4.76. The molecule has 3 fully saturated rings. The number of hydrogen-bond acceptors (Lipinski definition) is 0. The minimum Gasteiger partial charge on any atom is -0.0856 e. The first kappa shape index (κ1) is 23.6. The Bertz CT molecular complexity index is 682. The molecule has 0 heteroatoms. The number of hydrogen-bond donors (Lipinski definition) is 0. The predicted octanol–water partition coefficient (Wildman–Crippen LogP) is 9.75. The topological polar surface area (TPSA) is 0 Å². The fourth-order valence-corrected chi connectivity index (χ4v) is 9.37. The van der Waals surface area contributed by atoms with Crippen molar-refractivity contribution in [1.29, 1.82) is 0 Å². The predicted molar refractivity (Wildman–Crippen MR) is 136 cm³/mol. The Kier molecular flexibility index (Phi) is 7.15. The van der Waals surface area contributed by atoms with Crippen LogP contribution in [0.5, 0.6) is 0 Å². The molecular weight excluding hydrogens is 372 g/mol. The monoisotopic (exact) mass is 424 g/mol. The van der Waals surface area contributed by atoms with Crippen molar-refractivity contribution in [2.45, 2.75) is 125 Å². The van der Waals surface area contributed by atoms with Gasteiger partial charge in [0.05, 0.1) is 0 Å². The number of allylic oxidation sites excluding steroid dienone is 4. The second kappa shape index (κ2) is 9.38. The summed E-state index contributed by atoms with van der Waals surface area (Å²) in [6.07, 6.45) is 23.7. The van der Waals surface area contributed by atoms with E-state index in [4.69, 9.17) is 0 Å². The van der Waals surface area contributed by atoms with Crippen LogP contribution in [0.4, 0.5) is 0 Å². The Labute approximate surface area is 194 Å². The molecule has 0 unspecified atom stereocenters. The van der Waals surface area contributed by atoms with Crippen molar-refractivity contribution in [3.05, 3.63) is 23.3 Å². The summed E-state index contributed by atoms with van der Waals surface area (Å²) in [5.74, 6) is 5.73. The van der Waals surface area contributed by atoms with Crippen LogP contribution in [0.25, 0.3) is 0 Å². The van der Waals surface area contributed by atoms with Crippen molar-refractivity contribution in [2.75, 3.05) is 0 Å². The van der Waals surface area contributed by atoms with Crippen LogP contribution in [0.1, 0.15) is 125 Å². The molecule has 0 heterocycles. The zero-order valence-electron chi connectivity index (χ0n) is 21.8. The normalized spacial score (nSPS) is 43.6. The zero-order valence-corrected chi connectivity index (χ0v) is 21.8. The van der Waals surface area contributed by atoms with Gasteiger partial charge in [0.15, 0.2) is 0 Å². The van der Waals surface area contributed by atoms with Gasteiger partial charge in [-0.3, -0.25) is 0 Å². The van der Waals surface area contributed by atoms with E-state index in [1.54, 1.807) is 5.57 Å². The Morgan fingerprint density at radius 2 is 1.87 bits per heavy atom. The largest absolute Gasteiger partial charge is 0.0856 e. The quantitative estimate of drug-likeness (QED) is 0.357. The summed E-state index contributed by atoms with van der Waals surface area (Å²) >= 11 is 0. The van der Waals surface area contributed by atoms with E-state index in [-0.39, 0.29) is 0 Å². The lowest BCUT2D eigenvalue weighted by molar-refractivity contribution is -0.0521. The second-order valence-electron chi connectivity index (χ2n) is 12.9. The molecule has 0 N–H and O–H groups in total. The summed E-state index contributed by atoms with van der Waals surface area (Å²) in [6.45, 7) is 15.1. The van der Waals surface area contributed by atoms with Crippen LogP contribution in [0, 0.1) is 46.3 Å². The molecule has 0 amide bonds. The molecule has 4 aliphatic carbocycles. The fourth-order valence-electron chi connectivity index (χ4n) is 9.37. The van der Waals surface area contributed by atoms with Gasteiger partial charge < -0.3 is 0 Å². The van der Waals surface area contributed by atoms with Crippen molar-refractivity contribution in [3.63, 3.8) is 0 Å². The highest BCUT2D eigenvalue weighted by Gasteiger charge is 2.58. The maximum Gasteiger partial charge on any atom is -0.00851 e. The molecule has 4 rings (SSSR count). The van der Waals surface area contributed by atoms with Crippen LogP contribution >= 0.6 is 0 Å². The summed E-state index contributed by atoms with van der Waals surface area (Å²) in [6, 6.07) is 0. The Hall–Kier alpha value is -0.520. The van der Waals surface area contributed by atoms with Gasteiger partial charge in [-0.25, -0.2) is 0 Å². The highest BCUT2D eigenvalue weighted by atomic mass is 14.6. The Balaban J connectivity index is 1.46. The first-order chi connectivity index (χ1) is 14.8. The van der Waals surface area contributed by atoms with E-state index in [1.165, 1.54) is 83.5 Å². The van der Waals surface area contributed by atoms with Gasteiger partial charge in [0.25, 0.3) is 0 Å². The van der Waals surface area contributed by atoms with Crippen LogP contribution in [0.15, 0.2) is 23.3 Å². The molecule has 31 heavy (non-hydrogen) atoms. The SMILES string of the molecule is CC/C=C(\CCC)CC[C@@H](C)[C@H]1CC[C@H]2[C@@H]3CC=C4C[C@@H](C)CC[C@]4(C)[C@H]3CC[C@]12C. The van der Waals surface area contributed by atoms with E-state index in [0.29, 0.717) is 10.8 Å². The molecular formula is C31H52. The van der Waals surface area contributed by atoms with Gasteiger partial charge in [-0.15, -0.1) is 0 Å². The molecule has 0 aliphatic heterocycles. The molecule has 0 aromatic heterocycles. The van der Waals surface area contributed by atoms with E-state index >= 15 is 0 Å². The van der Waals surface area contributed by atoms with Crippen LogP contribution in [-0.2, 0) is 0 Å². The maximum atomic E-state index is 2.76. The van der Waals surface area contributed by atoms with Crippen molar-refractivity contribution < 1.29 is 0 Å². The van der Waals surface area contributed by atoms with Gasteiger partial charge >= 0.3 is 0 Å². The molecule has 0 saturated heterocycles. The number of rotatable bonds is 7. The minimum atomic E-state index is 0.542. The highest BCUT2D eigenvalue weighted by Crippen LogP contribution is 2.67. The molecule has 0 aromatic rings. The zero-order chi connectivity index (χ0) is 22.2. The van der Waals surface area contributed by atoms with Crippen molar-refractivity contribution in [3.8, 4) is 0 Å². The van der Waals surface area contributed by atoms with E-state index in [0.717, 1.165) is 35.5 Å². The average molecular weight is 425 g/mol. The first-order valence-electron chi connectivity index (χ1n) is 14.2. The summed E-state index contributed by atoms with van der Waals surface area (Å²) in [4.78, 5) is 0. The molecule has 0 radical (unpaired) electrons. The third-order valence-corrected chi connectivity index (χ3v) is 11.1. The molecule has 0 bridgehead atoms. The van der Waals surface area contributed by atoms with Gasteiger partial charge in [-0.05, 0) is 123 Å². The molecule has 0 aromatic carbocycles. The molecule has 3 saturated carbocycles. The van der Waals surface area contributed by atoms with Gasteiger partial charge in [0, 0.05) is 0 Å². The molecule has 4 aliphatic rings. The third kappa shape index (κ3) is 4.24. The summed E-state index contributed by atoms with van der Waals surface area (Å²) < 4.78 is 0. The van der Waals surface area contributed by atoms with Gasteiger partial charge in [-0.2, -0.15) is 0 Å². The Morgan fingerprint density at radius 3 is 2.61 bits per heavy atom. The minimum absolute atomic E-state index is 0.542. The van der Waals surface area contributed by atoms with Gasteiger partial charge in [0.2, 0.25) is 0 Å². The van der Waals surface area contributed by atoms with E-state index in [1.807, 2.05) is 5.57 Å². The van der Waals surface area contributed by atoms with Crippen LogP contribution < -0.4 is 0 Å². The molecule has 176 valence electrons. The lowest BCUT2D eigenvalue weighted by Crippen LogP contribution is -2.50. The lowest BCUT2D eigenvalue weighted by atomic mass is 9.46. The van der Waals surface area contributed by atoms with Crippen molar-refractivity contribution in [2.24, 2.45) is 46.3 Å². The van der Waals surface area contributed by atoms with Crippen molar-refractivity contribution >= 4 is 0 Å². The smallest absolute Gasteiger partial charge is 0.00851 e. The molecule has 0 nitrogen and oxygen atoms in total. The van der Waals surface area contributed by atoms with Gasteiger partial charge in [-0.1, -0.05) is 71.3 Å². The highest BCUT2D eigenvalue weighted by molar-refractivity contribution is 5.25. The van der Waals surface area contributed by atoms with E-state index < -0.39 is 0 Å². The molecule has 0 spiro atoms. The summed E-state index contributed by atoms with van der Waals surface area (Å²) in [7, 11) is 0. The Morgan fingerprint density at radius 1 is 1.06 bits per heavy atom. The van der Waals surface area contributed by atoms with Crippen LogP contribution in [0.2, 0.25) is 0 Å². The molecule has 8 atom stereocenters. The van der Waals surface area contributed by atoms with Crippen molar-refractivity contribution in [1.82, 2.24) is 0 Å². The second-order valence-corrected chi connectivity index (χ2v) is 12.9.